The number of anilines is 1. The smallest absolute Gasteiger partial charge is 0.358 e. The number of amides is 1. The Bertz CT molecular complexity index is 655. The zero-order valence-electron chi connectivity index (χ0n) is 11.3. The van der Waals surface area contributed by atoms with E-state index in [0.717, 1.165) is 0 Å². The highest BCUT2D eigenvalue weighted by molar-refractivity contribution is 7.15. The number of imidazole rings is 1. The SMILES string of the molecule is CC(C)(C)NC(=O)CNc1nc2sccn2c1[N+](=O)[O-]. The minimum atomic E-state index is -0.517. The highest BCUT2D eigenvalue weighted by atomic mass is 32.1. The molecule has 0 aliphatic carbocycles. The maximum absolute atomic E-state index is 11.7. The summed E-state index contributed by atoms with van der Waals surface area (Å²) in [6.07, 6.45) is 1.57. The van der Waals surface area contributed by atoms with Crippen LogP contribution in [-0.2, 0) is 4.79 Å². The molecule has 2 aromatic heterocycles. The molecule has 0 radical (unpaired) electrons. The van der Waals surface area contributed by atoms with Crippen molar-refractivity contribution < 1.29 is 9.72 Å². The third-order valence-corrected chi connectivity index (χ3v) is 3.10. The number of nitro groups is 1. The molecule has 1 amide bonds. The van der Waals surface area contributed by atoms with Gasteiger partial charge in [-0.2, -0.15) is 9.38 Å². The van der Waals surface area contributed by atoms with Gasteiger partial charge in [0, 0.05) is 10.9 Å². The Morgan fingerprint density at radius 1 is 1.55 bits per heavy atom. The number of thiazole rings is 1. The van der Waals surface area contributed by atoms with Gasteiger partial charge in [-0.1, -0.05) is 11.3 Å². The summed E-state index contributed by atoms with van der Waals surface area (Å²) >= 11 is 1.29. The first-order chi connectivity index (χ1) is 9.28. The van der Waals surface area contributed by atoms with Gasteiger partial charge in [-0.25, -0.2) is 0 Å². The first-order valence-corrected chi connectivity index (χ1v) is 6.81. The van der Waals surface area contributed by atoms with Crippen molar-refractivity contribution in [2.45, 2.75) is 26.3 Å². The van der Waals surface area contributed by atoms with Crippen LogP contribution in [0.3, 0.4) is 0 Å². The molecule has 108 valence electrons. The highest BCUT2D eigenvalue weighted by Crippen LogP contribution is 2.27. The summed E-state index contributed by atoms with van der Waals surface area (Å²) in [7, 11) is 0. The second-order valence-corrected chi connectivity index (χ2v) is 6.12. The number of nitrogens with zero attached hydrogens (tertiary/aromatic N) is 3. The van der Waals surface area contributed by atoms with Crippen LogP contribution >= 0.6 is 11.3 Å². The van der Waals surface area contributed by atoms with E-state index in [0.29, 0.717) is 4.96 Å². The number of aromatic nitrogens is 2. The van der Waals surface area contributed by atoms with E-state index in [1.54, 1.807) is 11.6 Å². The summed E-state index contributed by atoms with van der Waals surface area (Å²) in [6, 6.07) is 0. The number of hydrogen-bond donors (Lipinski definition) is 2. The molecule has 0 spiro atoms. The molecule has 0 aromatic carbocycles. The van der Waals surface area contributed by atoms with Crippen molar-refractivity contribution in [3.63, 3.8) is 0 Å². The summed E-state index contributed by atoms with van der Waals surface area (Å²) in [5, 5.41) is 18.3. The third kappa shape index (κ3) is 3.05. The maximum atomic E-state index is 11.7. The zero-order valence-corrected chi connectivity index (χ0v) is 12.2. The van der Waals surface area contributed by atoms with Gasteiger partial charge in [-0.05, 0) is 25.7 Å². The third-order valence-electron chi connectivity index (χ3n) is 2.34. The monoisotopic (exact) mass is 297 g/mol. The Balaban J connectivity index is 2.14. The molecule has 0 unspecified atom stereocenters. The van der Waals surface area contributed by atoms with Gasteiger partial charge in [0.1, 0.15) is 6.20 Å². The van der Waals surface area contributed by atoms with E-state index >= 15 is 0 Å². The Labute approximate surface area is 119 Å². The molecule has 0 aliphatic heterocycles. The summed E-state index contributed by atoms with van der Waals surface area (Å²) in [6.45, 7) is 5.52. The molecule has 0 saturated heterocycles. The minimum absolute atomic E-state index is 0.0665. The van der Waals surface area contributed by atoms with E-state index in [1.165, 1.54) is 15.7 Å². The van der Waals surface area contributed by atoms with E-state index in [1.807, 2.05) is 20.8 Å². The van der Waals surface area contributed by atoms with Crippen LogP contribution in [0.15, 0.2) is 11.6 Å². The molecule has 0 aliphatic rings. The Hall–Kier alpha value is -2.16. The van der Waals surface area contributed by atoms with E-state index in [4.69, 9.17) is 0 Å². The second-order valence-electron chi connectivity index (χ2n) is 5.25. The van der Waals surface area contributed by atoms with E-state index in [9.17, 15) is 14.9 Å². The van der Waals surface area contributed by atoms with Crippen LogP contribution in [-0.4, -0.2) is 32.3 Å². The van der Waals surface area contributed by atoms with Gasteiger partial charge in [-0.15, -0.1) is 0 Å². The van der Waals surface area contributed by atoms with E-state index in [2.05, 4.69) is 15.6 Å². The van der Waals surface area contributed by atoms with Crippen molar-refractivity contribution in [2.24, 2.45) is 0 Å². The van der Waals surface area contributed by atoms with Gasteiger partial charge in [0.2, 0.25) is 11.7 Å². The summed E-state index contributed by atoms with van der Waals surface area (Å²) in [4.78, 5) is 26.9. The lowest BCUT2D eigenvalue weighted by Crippen LogP contribution is -2.43. The van der Waals surface area contributed by atoms with Gasteiger partial charge < -0.3 is 20.7 Å². The normalized spacial score (nSPS) is 11.6. The van der Waals surface area contributed by atoms with Crippen LogP contribution in [0.1, 0.15) is 20.8 Å². The average molecular weight is 297 g/mol. The molecule has 2 aromatic rings. The number of nitrogens with one attached hydrogen (secondary N) is 2. The molecule has 9 heteroatoms. The van der Waals surface area contributed by atoms with Crippen LogP contribution in [0.25, 0.3) is 4.96 Å². The summed E-state index contributed by atoms with van der Waals surface area (Å²) < 4.78 is 1.38. The molecule has 2 N–H and O–H groups in total. The zero-order chi connectivity index (χ0) is 14.9. The largest absolute Gasteiger partial charge is 0.372 e. The molecule has 2 rings (SSSR count). The number of carbonyl (C=O) groups excluding carboxylic acids is 1. The standard InChI is InChI=1S/C11H15N5O3S/c1-11(2,3)14-7(17)6-12-8-9(16(18)19)15-4-5-20-10(15)13-8/h4-5,12H,6H2,1-3H3,(H,14,17). The van der Waals surface area contributed by atoms with Crippen molar-refractivity contribution in [1.29, 1.82) is 0 Å². The maximum Gasteiger partial charge on any atom is 0.372 e. The Morgan fingerprint density at radius 2 is 2.25 bits per heavy atom. The molecule has 0 bridgehead atoms. The first kappa shape index (κ1) is 14.3. The van der Waals surface area contributed by atoms with Gasteiger partial charge in [0.25, 0.3) is 4.96 Å². The number of fused-ring (bicyclic) bond motifs is 1. The molecular formula is C11H15N5O3S. The van der Waals surface area contributed by atoms with Crippen LogP contribution in [0.2, 0.25) is 0 Å². The quantitative estimate of drug-likeness (QED) is 0.659. The fraction of sp³-hybridized carbons (Fsp3) is 0.455. The molecule has 20 heavy (non-hydrogen) atoms. The lowest BCUT2D eigenvalue weighted by atomic mass is 10.1. The van der Waals surface area contributed by atoms with Gasteiger partial charge in [-0.3, -0.25) is 4.79 Å². The topological polar surface area (TPSA) is 102 Å². The van der Waals surface area contributed by atoms with Crippen molar-refractivity contribution in [1.82, 2.24) is 14.7 Å². The molecule has 0 atom stereocenters. The predicted molar refractivity (Wildman–Crippen MR) is 76.1 cm³/mol. The van der Waals surface area contributed by atoms with Crippen LogP contribution in [0.5, 0.6) is 0 Å². The average Bonchev–Trinajstić information content (AvgIpc) is 2.81. The van der Waals surface area contributed by atoms with Gasteiger partial charge >= 0.3 is 5.82 Å². The minimum Gasteiger partial charge on any atom is -0.358 e. The predicted octanol–water partition coefficient (Wildman–Crippen LogP) is 1.63. The fourth-order valence-electron chi connectivity index (χ4n) is 1.69. The van der Waals surface area contributed by atoms with Crippen molar-refractivity contribution >= 4 is 33.8 Å². The first-order valence-electron chi connectivity index (χ1n) is 5.93. The fourth-order valence-corrected chi connectivity index (χ4v) is 2.40. The molecule has 0 saturated carbocycles. The lowest BCUT2D eigenvalue weighted by molar-refractivity contribution is -0.389. The Morgan fingerprint density at radius 3 is 2.85 bits per heavy atom. The summed E-state index contributed by atoms with van der Waals surface area (Å²) in [5.41, 5.74) is -0.348. The highest BCUT2D eigenvalue weighted by Gasteiger charge is 2.24. The van der Waals surface area contributed by atoms with Gasteiger partial charge in [0.05, 0.1) is 6.54 Å². The van der Waals surface area contributed by atoms with Crippen LogP contribution in [0.4, 0.5) is 11.6 Å². The molecule has 0 fully saturated rings. The van der Waals surface area contributed by atoms with Crippen LogP contribution in [0, 0.1) is 10.1 Å². The van der Waals surface area contributed by atoms with E-state index in [-0.39, 0.29) is 29.6 Å². The number of rotatable bonds is 4. The van der Waals surface area contributed by atoms with Crippen molar-refractivity contribution in [2.75, 3.05) is 11.9 Å². The Kier molecular flexibility index (Phi) is 3.62. The van der Waals surface area contributed by atoms with Crippen molar-refractivity contribution in [3.8, 4) is 0 Å². The van der Waals surface area contributed by atoms with Crippen molar-refractivity contribution in [3.05, 3.63) is 21.7 Å². The van der Waals surface area contributed by atoms with Gasteiger partial charge in [0.15, 0.2) is 0 Å². The lowest BCUT2D eigenvalue weighted by Gasteiger charge is -2.20. The molecule has 8 nitrogen and oxygen atoms in total. The number of carbonyl (C=O) groups is 1. The number of hydrogen-bond acceptors (Lipinski definition) is 6. The molecule has 2 heterocycles. The van der Waals surface area contributed by atoms with Crippen LogP contribution < -0.4 is 10.6 Å². The second kappa shape index (κ2) is 5.08. The molecular weight excluding hydrogens is 282 g/mol. The van der Waals surface area contributed by atoms with E-state index < -0.39 is 4.92 Å². The summed E-state index contributed by atoms with van der Waals surface area (Å²) in [5.74, 6) is -0.307.